The molecule has 0 aliphatic heterocycles. The van der Waals surface area contributed by atoms with Crippen molar-refractivity contribution >= 4 is 3.71 Å². The van der Waals surface area contributed by atoms with Crippen LogP contribution in [0.5, 0.6) is 0 Å². The SMILES string of the molecule is CC1=C(C)C([CH]=[Zr])C(C)=C1C.Cc1c(C)c(C)[c-](C)c1C. The van der Waals surface area contributed by atoms with Crippen LogP contribution < -0.4 is 0 Å². The minimum absolute atomic E-state index is 0.660. The third kappa shape index (κ3) is 3.50. The van der Waals surface area contributed by atoms with Crippen molar-refractivity contribution in [3.05, 3.63) is 50.1 Å². The van der Waals surface area contributed by atoms with Crippen LogP contribution in [0.15, 0.2) is 22.3 Å². The van der Waals surface area contributed by atoms with Gasteiger partial charge in [0.25, 0.3) is 0 Å². The average molecular weight is 361 g/mol. The van der Waals surface area contributed by atoms with Crippen LogP contribution in [0, 0.1) is 40.5 Å². The van der Waals surface area contributed by atoms with Gasteiger partial charge in [-0.2, -0.15) is 27.8 Å². The predicted molar refractivity (Wildman–Crippen MR) is 92.0 cm³/mol. The van der Waals surface area contributed by atoms with Crippen molar-refractivity contribution in [2.24, 2.45) is 5.92 Å². The summed E-state index contributed by atoms with van der Waals surface area (Å²) in [5.74, 6) is 0.660. The van der Waals surface area contributed by atoms with Gasteiger partial charge < -0.3 is 0 Å². The second-order valence-corrected chi connectivity index (χ2v) is 7.20. The summed E-state index contributed by atoms with van der Waals surface area (Å²) >= 11 is 1.53. The van der Waals surface area contributed by atoms with Crippen LogP contribution in [-0.4, -0.2) is 3.71 Å². The van der Waals surface area contributed by atoms with Crippen molar-refractivity contribution in [3.63, 3.8) is 0 Å². The number of hydrogen-bond donors (Lipinski definition) is 0. The standard InChI is InChI=1S/C10H15.C10H14.Zr/c2*1-6-7(2)9(4)10(5)8(6)3;/h1-5H3;1,6H,2-5H3;/q-1;;. The molecule has 0 saturated carbocycles. The maximum atomic E-state index is 2.37. The van der Waals surface area contributed by atoms with Crippen LogP contribution in [0.25, 0.3) is 0 Å². The first kappa shape index (κ1) is 18.6. The molecule has 0 amide bonds. The van der Waals surface area contributed by atoms with Crippen LogP contribution in [-0.2, 0) is 24.2 Å². The molecule has 0 fully saturated rings. The van der Waals surface area contributed by atoms with E-state index in [2.05, 4.69) is 66.0 Å². The minimum Gasteiger partial charge on any atom is -0.196 e. The van der Waals surface area contributed by atoms with Crippen LogP contribution >= 0.6 is 0 Å². The fraction of sp³-hybridized carbons (Fsp3) is 0.500. The van der Waals surface area contributed by atoms with Gasteiger partial charge in [0.1, 0.15) is 0 Å². The molecule has 1 aliphatic rings. The molecule has 0 nitrogen and oxygen atoms in total. The molecule has 21 heavy (non-hydrogen) atoms. The smallest absolute Gasteiger partial charge is 0.0630 e. The van der Waals surface area contributed by atoms with E-state index in [9.17, 15) is 0 Å². The molecule has 0 spiro atoms. The zero-order valence-corrected chi connectivity index (χ0v) is 17.6. The first-order valence-corrected chi connectivity index (χ1v) is 9.12. The summed E-state index contributed by atoms with van der Waals surface area (Å²) < 4.78 is 2.37. The summed E-state index contributed by atoms with van der Waals surface area (Å²) in [6, 6.07) is 0. The molecule has 0 aromatic heterocycles. The number of hydrogen-bond acceptors (Lipinski definition) is 0. The summed E-state index contributed by atoms with van der Waals surface area (Å²) in [6.45, 7) is 20.0. The van der Waals surface area contributed by atoms with E-state index in [-0.39, 0.29) is 0 Å². The van der Waals surface area contributed by atoms with Crippen molar-refractivity contribution in [1.29, 1.82) is 0 Å². The molecule has 0 radical (unpaired) electrons. The van der Waals surface area contributed by atoms with Gasteiger partial charge in [-0.1, -0.05) is 34.6 Å². The van der Waals surface area contributed by atoms with Gasteiger partial charge in [-0.15, -0.1) is 0 Å². The second kappa shape index (κ2) is 7.23. The van der Waals surface area contributed by atoms with Crippen LogP contribution in [0.3, 0.4) is 0 Å². The summed E-state index contributed by atoms with van der Waals surface area (Å²) in [5, 5.41) is 0. The average Bonchev–Trinajstić information content (AvgIpc) is 2.76. The maximum Gasteiger partial charge on any atom is -0.0630 e. The molecule has 1 aliphatic carbocycles. The Morgan fingerprint density at radius 3 is 1.24 bits per heavy atom. The fourth-order valence-corrected chi connectivity index (χ4v) is 4.27. The Bertz CT molecular complexity index is 516. The Morgan fingerprint density at radius 2 is 1.10 bits per heavy atom. The maximum absolute atomic E-state index is 2.37. The summed E-state index contributed by atoms with van der Waals surface area (Å²) in [6.07, 6.45) is 0. The van der Waals surface area contributed by atoms with Gasteiger partial charge in [-0.3, -0.25) is 0 Å². The Kier molecular flexibility index (Phi) is 6.41. The third-order valence-electron chi connectivity index (χ3n) is 5.66. The van der Waals surface area contributed by atoms with Crippen molar-refractivity contribution in [1.82, 2.24) is 0 Å². The van der Waals surface area contributed by atoms with E-state index in [0.717, 1.165) is 0 Å². The van der Waals surface area contributed by atoms with E-state index < -0.39 is 0 Å². The zero-order valence-electron chi connectivity index (χ0n) is 15.2. The molecule has 0 bridgehead atoms. The van der Waals surface area contributed by atoms with E-state index in [1.807, 2.05) is 0 Å². The topological polar surface area (TPSA) is 0 Å². The van der Waals surface area contributed by atoms with Crippen molar-refractivity contribution < 1.29 is 24.2 Å². The molecule has 114 valence electrons. The monoisotopic (exact) mass is 359 g/mol. The van der Waals surface area contributed by atoms with E-state index >= 15 is 0 Å². The number of allylic oxidation sites excluding steroid dienone is 4. The molecule has 0 unspecified atom stereocenters. The van der Waals surface area contributed by atoms with Crippen molar-refractivity contribution in [3.8, 4) is 0 Å². The largest absolute Gasteiger partial charge is 0.196 e. The van der Waals surface area contributed by atoms with Gasteiger partial charge in [-0.25, -0.2) is 0 Å². The van der Waals surface area contributed by atoms with Gasteiger partial charge in [0, 0.05) is 0 Å². The summed E-state index contributed by atoms with van der Waals surface area (Å²) in [4.78, 5) is 0. The molecule has 0 saturated heterocycles. The summed E-state index contributed by atoms with van der Waals surface area (Å²) in [7, 11) is 0. The molecular weight excluding hydrogens is 331 g/mol. The Labute approximate surface area is 146 Å². The fourth-order valence-electron chi connectivity index (χ4n) is 3.04. The Hall–Kier alpha value is -0.417. The van der Waals surface area contributed by atoms with Crippen molar-refractivity contribution in [2.75, 3.05) is 0 Å². The summed E-state index contributed by atoms with van der Waals surface area (Å²) in [5.41, 5.74) is 13.5. The zero-order chi connectivity index (χ0) is 16.5. The molecule has 0 atom stereocenters. The van der Waals surface area contributed by atoms with Crippen LogP contribution in [0.4, 0.5) is 0 Å². The van der Waals surface area contributed by atoms with E-state index in [1.54, 1.807) is 11.1 Å². The predicted octanol–water partition coefficient (Wildman–Crippen LogP) is 5.59. The first-order valence-electron chi connectivity index (χ1n) is 7.70. The third-order valence-corrected chi connectivity index (χ3v) is 6.48. The van der Waals surface area contributed by atoms with Gasteiger partial charge >= 0.3 is 83.8 Å². The Balaban J connectivity index is 0.000000211. The Morgan fingerprint density at radius 1 is 0.762 bits per heavy atom. The van der Waals surface area contributed by atoms with Gasteiger partial charge in [0.05, 0.1) is 0 Å². The minimum atomic E-state index is 0.660. The van der Waals surface area contributed by atoms with Gasteiger partial charge in [0.2, 0.25) is 0 Å². The molecule has 1 heteroatoms. The van der Waals surface area contributed by atoms with Crippen LogP contribution in [0.2, 0.25) is 0 Å². The van der Waals surface area contributed by atoms with Crippen molar-refractivity contribution in [2.45, 2.75) is 62.3 Å². The van der Waals surface area contributed by atoms with Crippen LogP contribution in [0.1, 0.15) is 55.5 Å². The molecular formula is C20H29Zr-. The molecule has 0 N–H and O–H groups in total. The van der Waals surface area contributed by atoms with Gasteiger partial charge in [-0.05, 0) is 0 Å². The normalized spacial score (nSPS) is 15.4. The van der Waals surface area contributed by atoms with E-state index in [0.29, 0.717) is 5.92 Å². The molecule has 1 aromatic carbocycles. The first-order chi connectivity index (χ1) is 9.64. The quantitative estimate of drug-likeness (QED) is 0.573. The van der Waals surface area contributed by atoms with E-state index in [4.69, 9.17) is 0 Å². The molecule has 1 aromatic rings. The molecule has 0 heterocycles. The van der Waals surface area contributed by atoms with E-state index in [1.165, 1.54) is 63.2 Å². The molecule has 2 rings (SSSR count). The second-order valence-electron chi connectivity index (χ2n) is 6.39. The van der Waals surface area contributed by atoms with Gasteiger partial charge in [0.15, 0.2) is 0 Å². The number of rotatable bonds is 1.